The number of aliphatic carboxylic acids is 2. The number of aromatic nitrogens is 2. The molecule has 3 saturated heterocycles. The van der Waals surface area contributed by atoms with E-state index in [0.717, 1.165) is 36.3 Å². The number of carbonyl (C=O) groups is 19. The number of para-hydroxylation sites is 2. The third kappa shape index (κ3) is 29.8. The molecule has 0 spiro atoms. The quantitative estimate of drug-likeness (QED) is 0.0244. The van der Waals surface area contributed by atoms with Crippen molar-refractivity contribution in [2.24, 2.45) is 23.1 Å². The summed E-state index contributed by atoms with van der Waals surface area (Å²) in [5.41, 5.74) is 19.4. The number of carboxylic acid groups (broad SMARTS) is 2. The van der Waals surface area contributed by atoms with Crippen LogP contribution in [0.2, 0.25) is 0 Å². The van der Waals surface area contributed by atoms with Crippen molar-refractivity contribution in [3.8, 4) is 5.75 Å². The molecule has 135 heavy (non-hydrogen) atoms. The van der Waals surface area contributed by atoms with Crippen LogP contribution in [0.15, 0.2) is 85.2 Å². The molecule has 2 aromatic heterocycles. The van der Waals surface area contributed by atoms with E-state index in [0.29, 0.717) is 64.2 Å². The smallest absolute Gasteiger partial charge is 0.323 e. The highest BCUT2D eigenvalue weighted by molar-refractivity contribution is 8.00. The van der Waals surface area contributed by atoms with Crippen LogP contribution in [0.5, 0.6) is 5.75 Å². The van der Waals surface area contributed by atoms with Crippen LogP contribution in [-0.2, 0) is 117 Å². The van der Waals surface area contributed by atoms with Gasteiger partial charge < -0.3 is 130 Å². The van der Waals surface area contributed by atoms with Crippen LogP contribution in [0, 0.1) is 5.92 Å². The second-order valence-electron chi connectivity index (χ2n) is 34.6. The van der Waals surface area contributed by atoms with Crippen LogP contribution in [-0.4, -0.2) is 328 Å². The number of nitrogens with two attached hydrogens (primary N) is 3. The molecule has 0 bridgehead atoms. The van der Waals surface area contributed by atoms with E-state index in [1.807, 2.05) is 13.8 Å². The average molecular weight is 1900 g/mol. The van der Waals surface area contributed by atoms with E-state index in [4.69, 9.17) is 17.2 Å². The molecule has 15 atom stereocenters. The van der Waals surface area contributed by atoms with Gasteiger partial charge in [0, 0.05) is 106 Å². The Morgan fingerprint density at radius 1 is 0.556 bits per heavy atom. The maximum atomic E-state index is 15.9. The van der Waals surface area contributed by atoms with Crippen molar-refractivity contribution in [2.45, 2.75) is 241 Å². The average Bonchev–Trinajstić information content (AvgIpc) is 1.55. The lowest BCUT2D eigenvalue weighted by Gasteiger charge is -2.36. The van der Waals surface area contributed by atoms with Crippen molar-refractivity contribution >= 4 is 146 Å². The van der Waals surface area contributed by atoms with Crippen molar-refractivity contribution in [1.82, 2.24) is 87.2 Å². The number of aliphatic hydroxyl groups is 2. The number of carbonyl (C=O) groups excluding carboxylic acids is 17. The Labute approximate surface area is 783 Å². The van der Waals surface area contributed by atoms with Gasteiger partial charge in [0.2, 0.25) is 100 Å². The largest absolute Gasteiger partial charge is 0.508 e. The summed E-state index contributed by atoms with van der Waals surface area (Å²) in [6, 6.07) is -4.00. The summed E-state index contributed by atoms with van der Waals surface area (Å²) in [7, 11) is 3.83. The molecule has 736 valence electrons. The monoisotopic (exact) mass is 1900 g/mol. The van der Waals surface area contributed by atoms with Crippen LogP contribution in [0.4, 0.5) is 0 Å². The summed E-state index contributed by atoms with van der Waals surface area (Å²) in [6.45, 7) is 4.74. The Bertz CT molecular complexity index is 5130. The summed E-state index contributed by atoms with van der Waals surface area (Å²) in [5, 5.41) is 79.1. The number of amides is 17. The number of aromatic amines is 1. The lowest BCUT2D eigenvalue weighted by atomic mass is 9.99. The van der Waals surface area contributed by atoms with E-state index < -0.39 is 273 Å². The number of unbranched alkanes of at least 4 members (excludes halogenated alkanes) is 2. The van der Waals surface area contributed by atoms with Gasteiger partial charge in [0.15, 0.2) is 0 Å². The number of primary amides is 2. The zero-order chi connectivity index (χ0) is 99.4. The number of rotatable bonds is 27. The van der Waals surface area contributed by atoms with E-state index in [2.05, 4.69) is 58.2 Å². The van der Waals surface area contributed by atoms with E-state index in [1.165, 1.54) is 63.1 Å². The van der Waals surface area contributed by atoms with Gasteiger partial charge in [0.1, 0.15) is 96.9 Å². The number of H-pyrrole nitrogens is 1. The molecule has 3 fully saturated rings. The Balaban J connectivity index is 1.21. The number of thioether (sulfide) groups is 1. The SMILES string of the molecule is CCCC[C@H]1C(=O)N(C)[C@@H](CCCC)C(=O)N[C@@H](CC(C)C)C(=O)N[C@H](C(=O)NCC(N)=O)CSCC(=O)N[C@@H](Cc2ccc(O)cc2)C(=O)N(C)[C@@H](C)C(=O)N[C@@H](CC(N)=O)C(=O)N2CCC[C@H]2C(=O)N[C@@H](CO)C(=O)N[C@@H](CCC(=O)O)C(=O)N2C[C@H](O)C[C@H]2C(=O)N[C@@H](Cc2c[nH]c3ccccc23)C(=O)N[C@@H](CCN)C(=O)N[C@@H](Cc2cn(CC(=O)O)c3ccccc23)C(=O)N1C. The van der Waals surface area contributed by atoms with Gasteiger partial charge in [0.25, 0.3) is 0 Å². The summed E-state index contributed by atoms with van der Waals surface area (Å²) in [6.07, 6.45) is -1.41. The van der Waals surface area contributed by atoms with Crippen LogP contribution < -0.4 is 70.4 Å². The van der Waals surface area contributed by atoms with Crippen LogP contribution in [0.25, 0.3) is 21.8 Å². The number of likely N-dealkylation sites (N-methyl/N-ethyl adjacent to an activating group) is 3. The standard InChI is InChI=1S/C90H126N20O24S/c1-9-11-21-68-83(127)99-60(34-48(3)4)80(124)104-66(78(122)95-41-73(93)115)46-135-47-74(116)96-62(35-50-25-27-53(112)28-26-50)86(130)105(6)49(5)77(121)101-64(39-72(92)114)89(133)109-33-17-24-69(109)84(128)103-65(45-111)82(126)98-59(29-30-75(117)118)88(132)110-43-54(113)38-71(110)85(129)100-61(36-51-40-94-57-20-15-13-18-55(51)57)81(125)97-58(31-32-91)79(123)102-63(87(131)107(8)70(22-12-10-2)90(134)106(68)7)37-52-42-108(44-76(119)120)67-23-16-14-19-56(52)67/h13-16,18-20,23,25-28,40,42,48-49,54,58-66,68-71,94,111-113H,9-12,17,21-22,24,29-39,41,43-47,91H2,1-8H3,(H2,92,114)(H2,93,115)(H,95,122)(H,96,116)(H,97,125)(H,98,126)(H,99,127)(H,100,129)(H,101,121)(H,102,123)(H,103,128)(H,104,124)(H,117,118)(H,119,120)/t49-,54+,58-,59-,60-,61-,62-,63-,64-,65-,66-,68-,69-,70-,71-/m0/s1. The number of carboxylic acids is 2. The minimum absolute atomic E-state index is 0.0168. The van der Waals surface area contributed by atoms with Gasteiger partial charge in [-0.1, -0.05) is 102 Å². The molecule has 3 aliphatic heterocycles. The van der Waals surface area contributed by atoms with Crippen molar-refractivity contribution in [3.63, 3.8) is 0 Å². The highest BCUT2D eigenvalue weighted by Crippen LogP contribution is 2.29. The number of hydrogen-bond acceptors (Lipinski definition) is 24. The molecule has 0 radical (unpaired) electrons. The molecule has 45 heteroatoms. The minimum Gasteiger partial charge on any atom is -0.508 e. The fourth-order valence-electron chi connectivity index (χ4n) is 16.6. The Hall–Kier alpha value is -13.3. The lowest BCUT2D eigenvalue weighted by Crippen LogP contribution is -2.61. The van der Waals surface area contributed by atoms with E-state index in [9.17, 15) is 83.1 Å². The Kier molecular flexibility index (Phi) is 40.2. The molecule has 5 heterocycles. The zero-order valence-corrected chi connectivity index (χ0v) is 77.6. The third-order valence-electron chi connectivity index (χ3n) is 24.0. The van der Waals surface area contributed by atoms with Gasteiger partial charge in [-0.2, -0.15) is 0 Å². The molecular formula is C90H126N20O24S. The molecule has 8 rings (SSSR count). The van der Waals surface area contributed by atoms with Gasteiger partial charge >= 0.3 is 11.9 Å². The van der Waals surface area contributed by atoms with Gasteiger partial charge in [-0.05, 0) is 105 Å². The summed E-state index contributed by atoms with van der Waals surface area (Å²) < 4.78 is 1.42. The predicted molar refractivity (Wildman–Crippen MR) is 490 cm³/mol. The fraction of sp³-hybridized carbons (Fsp3) is 0.544. The normalized spacial score (nSPS) is 24.8. The highest BCUT2D eigenvalue weighted by atomic mass is 32.2. The van der Waals surface area contributed by atoms with Gasteiger partial charge in [0.05, 0.1) is 31.4 Å². The van der Waals surface area contributed by atoms with E-state index in [1.54, 1.807) is 68.6 Å². The summed E-state index contributed by atoms with van der Waals surface area (Å²) >= 11 is 0.764. The van der Waals surface area contributed by atoms with Crippen molar-refractivity contribution in [1.29, 1.82) is 0 Å². The molecule has 22 N–H and O–H groups in total. The zero-order valence-electron chi connectivity index (χ0n) is 76.8. The number of nitrogens with zero attached hydrogens (tertiary/aromatic N) is 6. The van der Waals surface area contributed by atoms with Crippen molar-refractivity contribution in [2.75, 3.05) is 65.4 Å². The molecule has 0 unspecified atom stereocenters. The first-order valence-electron chi connectivity index (χ1n) is 45.0. The number of benzene rings is 3. The highest BCUT2D eigenvalue weighted by Gasteiger charge is 2.47. The van der Waals surface area contributed by atoms with Gasteiger partial charge in [-0.25, -0.2) is 0 Å². The first kappa shape index (κ1) is 107. The summed E-state index contributed by atoms with van der Waals surface area (Å²) in [5.74, 6) is -21.4. The Morgan fingerprint density at radius 3 is 1.76 bits per heavy atom. The second-order valence-corrected chi connectivity index (χ2v) is 35.6. The van der Waals surface area contributed by atoms with E-state index in [-0.39, 0.29) is 76.1 Å². The summed E-state index contributed by atoms with van der Waals surface area (Å²) in [4.78, 5) is 282. The van der Waals surface area contributed by atoms with Crippen molar-refractivity contribution < 1.29 is 117 Å². The molecule has 3 aromatic carbocycles. The number of phenolic OH excluding ortho intramolecular Hbond substituents is 1. The topological polar surface area (TPSA) is 661 Å². The number of aliphatic hydroxyl groups excluding tert-OH is 2. The van der Waals surface area contributed by atoms with Crippen LogP contribution in [0.3, 0.4) is 0 Å². The first-order valence-corrected chi connectivity index (χ1v) is 46.1. The first-order chi connectivity index (χ1) is 64.1. The Morgan fingerprint density at radius 2 is 1.12 bits per heavy atom. The maximum absolute atomic E-state index is 15.9. The lowest BCUT2D eigenvalue weighted by molar-refractivity contribution is -0.149. The number of hydrogen-bond donors (Lipinski definition) is 19. The number of fused-ring (bicyclic) bond motifs is 4. The van der Waals surface area contributed by atoms with Gasteiger partial charge in [-0.3, -0.25) is 91.1 Å². The number of phenols is 1. The van der Waals surface area contributed by atoms with Crippen LogP contribution >= 0.6 is 11.8 Å². The fourth-order valence-corrected chi connectivity index (χ4v) is 17.5. The molecule has 3 aliphatic rings. The maximum Gasteiger partial charge on any atom is 0.323 e. The molecule has 44 nitrogen and oxygen atoms in total. The molecule has 17 amide bonds. The number of nitrogens with one attached hydrogen (secondary N) is 11. The predicted octanol–water partition coefficient (Wildman–Crippen LogP) is -3.39. The van der Waals surface area contributed by atoms with Gasteiger partial charge in [-0.15, -0.1) is 11.8 Å². The van der Waals surface area contributed by atoms with Crippen molar-refractivity contribution in [3.05, 3.63) is 102 Å². The molecule has 0 saturated carbocycles. The molecule has 5 aromatic rings. The van der Waals surface area contributed by atoms with E-state index >= 15 is 33.6 Å². The minimum atomic E-state index is -1.98. The van der Waals surface area contributed by atoms with Crippen LogP contribution in [0.1, 0.15) is 141 Å². The number of aromatic hydroxyl groups is 1. The third-order valence-corrected chi connectivity index (χ3v) is 25.0. The molecule has 0 aliphatic carbocycles. The second kappa shape index (κ2) is 50.7. The molecular weight excluding hydrogens is 1780 g/mol.